The number of hydrogen-bond donors (Lipinski definition) is 0. The van der Waals surface area contributed by atoms with Crippen molar-refractivity contribution in [2.24, 2.45) is 11.8 Å². The van der Waals surface area contributed by atoms with Crippen molar-refractivity contribution in [2.45, 2.75) is 32.1 Å². The molecule has 21 heavy (non-hydrogen) atoms. The van der Waals surface area contributed by atoms with E-state index in [1.165, 1.54) is 0 Å². The summed E-state index contributed by atoms with van der Waals surface area (Å²) in [6.07, 6.45) is 5.87. The number of amides is 3. The number of nitrogens with zero attached hydrogens (tertiary/aromatic N) is 2. The molecule has 0 bridgehead atoms. The van der Waals surface area contributed by atoms with Gasteiger partial charge < -0.3 is 4.90 Å². The van der Waals surface area contributed by atoms with Crippen molar-refractivity contribution in [3.63, 3.8) is 0 Å². The van der Waals surface area contributed by atoms with E-state index in [1.807, 2.05) is 6.08 Å². The molecule has 3 rings (SSSR count). The summed E-state index contributed by atoms with van der Waals surface area (Å²) in [4.78, 5) is 39.9. The fourth-order valence-corrected chi connectivity index (χ4v) is 3.69. The smallest absolute Gasteiger partial charge is 0.242 e. The fourth-order valence-electron chi connectivity index (χ4n) is 3.43. The van der Waals surface area contributed by atoms with E-state index in [9.17, 15) is 14.4 Å². The van der Waals surface area contributed by atoms with E-state index in [1.54, 1.807) is 4.90 Å². The van der Waals surface area contributed by atoms with Crippen LogP contribution in [0.3, 0.4) is 0 Å². The van der Waals surface area contributed by atoms with Crippen LogP contribution in [0.4, 0.5) is 0 Å². The van der Waals surface area contributed by atoms with Crippen molar-refractivity contribution < 1.29 is 14.4 Å². The standard InChI is InChI=1S/C15H19ClN2O3/c16-10-4-5-11-12(8-10)15(21)18(14(11)20)9-13(19)17-6-2-1-3-7-17/h4,11-12H,1-3,5-9H2/t11-,12-/m1/s1. The van der Waals surface area contributed by atoms with E-state index in [4.69, 9.17) is 11.6 Å². The highest BCUT2D eigenvalue weighted by Gasteiger charge is 2.49. The van der Waals surface area contributed by atoms with Crippen LogP contribution in [0.2, 0.25) is 0 Å². The first-order valence-electron chi connectivity index (χ1n) is 7.55. The van der Waals surface area contributed by atoms with Gasteiger partial charge in [-0.3, -0.25) is 19.3 Å². The van der Waals surface area contributed by atoms with Gasteiger partial charge in [-0.2, -0.15) is 0 Å². The van der Waals surface area contributed by atoms with Gasteiger partial charge in [-0.1, -0.05) is 17.7 Å². The maximum absolute atomic E-state index is 12.4. The second-order valence-corrected chi connectivity index (χ2v) is 6.49. The topological polar surface area (TPSA) is 57.7 Å². The highest BCUT2D eigenvalue weighted by molar-refractivity contribution is 6.30. The van der Waals surface area contributed by atoms with Crippen LogP contribution in [0, 0.1) is 11.8 Å². The molecule has 5 nitrogen and oxygen atoms in total. The summed E-state index contributed by atoms with van der Waals surface area (Å²) >= 11 is 5.98. The average Bonchev–Trinajstić information content (AvgIpc) is 2.73. The molecule has 0 aromatic heterocycles. The third kappa shape index (κ3) is 2.71. The number of hydrogen-bond acceptors (Lipinski definition) is 3. The monoisotopic (exact) mass is 310 g/mol. The van der Waals surface area contributed by atoms with Crippen molar-refractivity contribution >= 4 is 29.3 Å². The Morgan fingerprint density at radius 3 is 2.52 bits per heavy atom. The predicted octanol–water partition coefficient (Wildman–Crippen LogP) is 1.52. The van der Waals surface area contributed by atoms with Gasteiger partial charge in [0.2, 0.25) is 17.7 Å². The Morgan fingerprint density at radius 2 is 1.81 bits per heavy atom. The molecule has 0 spiro atoms. The molecule has 2 heterocycles. The molecule has 0 saturated carbocycles. The normalized spacial score (nSPS) is 29.5. The van der Waals surface area contributed by atoms with Gasteiger partial charge in [0, 0.05) is 18.1 Å². The Kier molecular flexibility index (Phi) is 4.02. The molecular weight excluding hydrogens is 292 g/mol. The van der Waals surface area contributed by atoms with Crippen LogP contribution in [0.5, 0.6) is 0 Å². The van der Waals surface area contributed by atoms with Crippen LogP contribution in [-0.4, -0.2) is 47.2 Å². The molecule has 6 heteroatoms. The van der Waals surface area contributed by atoms with E-state index in [2.05, 4.69) is 0 Å². The summed E-state index contributed by atoms with van der Waals surface area (Å²) in [6.45, 7) is 1.35. The molecule has 0 unspecified atom stereocenters. The number of likely N-dealkylation sites (tertiary alicyclic amines) is 2. The van der Waals surface area contributed by atoms with E-state index < -0.39 is 0 Å². The number of halogens is 1. The number of allylic oxidation sites excluding steroid dienone is 2. The van der Waals surface area contributed by atoms with Gasteiger partial charge in [0.1, 0.15) is 6.54 Å². The Labute approximate surface area is 128 Å². The van der Waals surface area contributed by atoms with Crippen molar-refractivity contribution in [3.05, 3.63) is 11.1 Å². The highest BCUT2D eigenvalue weighted by atomic mass is 35.5. The minimum Gasteiger partial charge on any atom is -0.341 e. The maximum Gasteiger partial charge on any atom is 0.242 e. The summed E-state index contributed by atoms with van der Waals surface area (Å²) in [6, 6.07) is 0. The molecule has 0 radical (unpaired) electrons. The van der Waals surface area contributed by atoms with Gasteiger partial charge in [0.15, 0.2) is 0 Å². The van der Waals surface area contributed by atoms with Crippen LogP contribution in [0.1, 0.15) is 32.1 Å². The lowest BCUT2D eigenvalue weighted by Crippen LogP contribution is -2.44. The van der Waals surface area contributed by atoms with E-state index >= 15 is 0 Å². The molecule has 2 aliphatic heterocycles. The van der Waals surface area contributed by atoms with Crippen LogP contribution in [-0.2, 0) is 14.4 Å². The molecule has 2 saturated heterocycles. The Morgan fingerprint density at radius 1 is 1.14 bits per heavy atom. The van der Waals surface area contributed by atoms with Crippen LogP contribution >= 0.6 is 11.6 Å². The summed E-state index contributed by atoms with van der Waals surface area (Å²) in [5, 5.41) is 0.640. The summed E-state index contributed by atoms with van der Waals surface area (Å²) in [5.74, 6) is -1.26. The molecular formula is C15H19ClN2O3. The van der Waals surface area contributed by atoms with Gasteiger partial charge in [-0.25, -0.2) is 0 Å². The molecule has 114 valence electrons. The second-order valence-electron chi connectivity index (χ2n) is 6.01. The number of fused-ring (bicyclic) bond motifs is 1. The second kappa shape index (κ2) is 5.79. The molecule has 1 aliphatic carbocycles. The maximum atomic E-state index is 12.4. The lowest BCUT2D eigenvalue weighted by atomic mass is 9.85. The quantitative estimate of drug-likeness (QED) is 0.727. The lowest BCUT2D eigenvalue weighted by Gasteiger charge is -2.28. The van der Waals surface area contributed by atoms with Crippen molar-refractivity contribution in [3.8, 4) is 0 Å². The zero-order valence-corrected chi connectivity index (χ0v) is 12.6. The van der Waals surface area contributed by atoms with Crippen LogP contribution < -0.4 is 0 Å². The first-order valence-corrected chi connectivity index (χ1v) is 7.93. The largest absolute Gasteiger partial charge is 0.341 e. The van der Waals surface area contributed by atoms with Crippen molar-refractivity contribution in [1.82, 2.24) is 9.80 Å². The fraction of sp³-hybridized carbons (Fsp3) is 0.667. The van der Waals surface area contributed by atoms with Gasteiger partial charge in [-0.15, -0.1) is 0 Å². The number of carbonyl (C=O) groups excluding carboxylic acids is 3. The SMILES string of the molecule is O=C(CN1C(=O)[C@@H]2CC=C(Cl)C[C@H]2C1=O)N1CCCCC1. The first-order chi connectivity index (χ1) is 10.1. The molecule has 0 aromatic carbocycles. The zero-order chi connectivity index (χ0) is 15.0. The number of imide groups is 1. The summed E-state index contributed by atoms with van der Waals surface area (Å²) < 4.78 is 0. The van der Waals surface area contributed by atoms with Crippen molar-refractivity contribution in [2.75, 3.05) is 19.6 Å². The van der Waals surface area contributed by atoms with Crippen LogP contribution in [0.15, 0.2) is 11.1 Å². The highest BCUT2D eigenvalue weighted by Crippen LogP contribution is 2.38. The molecule has 3 amide bonds. The van der Waals surface area contributed by atoms with Crippen molar-refractivity contribution in [1.29, 1.82) is 0 Å². The zero-order valence-electron chi connectivity index (χ0n) is 11.9. The van der Waals surface area contributed by atoms with E-state index in [-0.39, 0.29) is 36.1 Å². The van der Waals surface area contributed by atoms with Crippen LogP contribution in [0.25, 0.3) is 0 Å². The van der Waals surface area contributed by atoms with Gasteiger partial charge in [0.05, 0.1) is 11.8 Å². The minimum absolute atomic E-state index is 0.109. The third-order valence-electron chi connectivity index (χ3n) is 4.66. The Bertz CT molecular complexity index is 511. The summed E-state index contributed by atoms with van der Waals surface area (Å²) in [5.41, 5.74) is 0. The predicted molar refractivity (Wildman–Crippen MR) is 77.3 cm³/mol. The number of rotatable bonds is 2. The Hall–Kier alpha value is -1.36. The van der Waals surface area contributed by atoms with E-state index in [0.717, 1.165) is 37.3 Å². The molecule has 2 atom stereocenters. The van der Waals surface area contributed by atoms with Gasteiger partial charge in [-0.05, 0) is 32.1 Å². The molecule has 0 aromatic rings. The molecule has 3 aliphatic rings. The van der Waals surface area contributed by atoms with Gasteiger partial charge >= 0.3 is 0 Å². The third-order valence-corrected chi connectivity index (χ3v) is 4.97. The molecule has 0 N–H and O–H groups in total. The van der Waals surface area contributed by atoms with Gasteiger partial charge in [0.25, 0.3) is 0 Å². The average molecular weight is 311 g/mol. The first kappa shape index (κ1) is 14.6. The lowest BCUT2D eigenvalue weighted by molar-refractivity contribution is -0.146. The molecule has 2 fully saturated rings. The minimum atomic E-state index is -0.371. The number of piperidine rings is 1. The summed E-state index contributed by atoms with van der Waals surface area (Å²) in [7, 11) is 0. The Balaban J connectivity index is 1.67. The number of carbonyl (C=O) groups is 3. The van der Waals surface area contributed by atoms with E-state index in [0.29, 0.717) is 17.9 Å².